The Morgan fingerprint density at radius 1 is 1.33 bits per heavy atom. The molecule has 1 rings (SSSR count). The minimum Gasteiger partial charge on any atom is -0.258 e. The van der Waals surface area contributed by atoms with Crippen LogP contribution in [-0.4, -0.2) is 5.71 Å². The Bertz CT molecular complexity index is 383. The van der Waals surface area contributed by atoms with Gasteiger partial charge in [0.1, 0.15) is 0 Å². The quantitative estimate of drug-likeness (QED) is 0.648. The van der Waals surface area contributed by atoms with Crippen molar-refractivity contribution in [3.63, 3.8) is 0 Å². The van der Waals surface area contributed by atoms with Crippen LogP contribution in [0, 0.1) is 6.92 Å². The van der Waals surface area contributed by atoms with Gasteiger partial charge in [0, 0.05) is 5.71 Å². The highest BCUT2D eigenvalue weighted by atomic mass is 35.5. The zero-order chi connectivity index (χ0) is 11.4. The first-order valence-electron chi connectivity index (χ1n) is 5.05. The number of hydrogen-bond donors (Lipinski definition) is 0. The number of rotatable bonds is 3. The van der Waals surface area contributed by atoms with Crippen LogP contribution in [0.15, 0.2) is 17.1 Å². The van der Waals surface area contributed by atoms with Gasteiger partial charge in [-0.1, -0.05) is 36.5 Å². The van der Waals surface area contributed by atoms with E-state index in [0.717, 1.165) is 29.8 Å². The highest BCUT2D eigenvalue weighted by Crippen LogP contribution is 2.32. The average Bonchev–Trinajstić information content (AvgIpc) is 2.20. The summed E-state index contributed by atoms with van der Waals surface area (Å²) in [5.74, 6) is 0. The summed E-state index contributed by atoms with van der Waals surface area (Å²) < 4.78 is 0. The van der Waals surface area contributed by atoms with Crippen molar-refractivity contribution in [1.82, 2.24) is 0 Å². The number of benzene rings is 1. The fourth-order valence-corrected chi connectivity index (χ4v) is 1.75. The largest absolute Gasteiger partial charge is 0.258 e. The maximum atomic E-state index is 6.04. The monoisotopic (exact) mass is 243 g/mol. The van der Waals surface area contributed by atoms with Gasteiger partial charge in [0.2, 0.25) is 0 Å². The predicted octanol–water partition coefficient (Wildman–Crippen LogP) is 5.19. The minimum absolute atomic E-state index is 0.585. The van der Waals surface area contributed by atoms with Crippen molar-refractivity contribution in [2.75, 3.05) is 0 Å². The van der Waals surface area contributed by atoms with Crippen LogP contribution in [0.2, 0.25) is 10.0 Å². The summed E-state index contributed by atoms with van der Waals surface area (Å²) in [5.41, 5.74) is 2.98. The number of nitrogens with zero attached hydrogens (tertiary/aromatic N) is 1. The summed E-state index contributed by atoms with van der Waals surface area (Å²) in [5, 5.41) is 1.18. The van der Waals surface area contributed by atoms with Gasteiger partial charge < -0.3 is 0 Å². The molecule has 15 heavy (non-hydrogen) atoms. The molecular formula is C12H15Cl2N. The fourth-order valence-electron chi connectivity index (χ4n) is 1.39. The van der Waals surface area contributed by atoms with Crippen molar-refractivity contribution in [1.29, 1.82) is 0 Å². The molecule has 0 radical (unpaired) electrons. The molecule has 0 aliphatic carbocycles. The normalized spacial score (nSPS) is 11.9. The zero-order valence-electron chi connectivity index (χ0n) is 9.27. The first kappa shape index (κ1) is 12.5. The number of halogens is 2. The topological polar surface area (TPSA) is 12.4 Å². The molecule has 0 fully saturated rings. The Balaban J connectivity index is 3.06. The SMILES string of the molecule is CCCC(C)=Nc1ccc(Cl)c(Cl)c1C. The molecule has 0 aliphatic rings. The van der Waals surface area contributed by atoms with Gasteiger partial charge in [-0.2, -0.15) is 0 Å². The van der Waals surface area contributed by atoms with Gasteiger partial charge in [-0.15, -0.1) is 0 Å². The van der Waals surface area contributed by atoms with Gasteiger partial charge >= 0.3 is 0 Å². The molecule has 1 aromatic rings. The van der Waals surface area contributed by atoms with Crippen LogP contribution < -0.4 is 0 Å². The molecule has 0 spiro atoms. The highest BCUT2D eigenvalue weighted by molar-refractivity contribution is 6.42. The molecule has 0 bridgehead atoms. The van der Waals surface area contributed by atoms with E-state index in [9.17, 15) is 0 Å². The van der Waals surface area contributed by atoms with Crippen LogP contribution in [0.1, 0.15) is 32.3 Å². The van der Waals surface area contributed by atoms with Gasteiger partial charge in [-0.25, -0.2) is 0 Å². The molecule has 0 amide bonds. The van der Waals surface area contributed by atoms with Crippen molar-refractivity contribution in [3.8, 4) is 0 Å². The Hall–Kier alpha value is -0.530. The first-order valence-corrected chi connectivity index (χ1v) is 5.80. The molecule has 1 aromatic carbocycles. The Morgan fingerprint density at radius 3 is 2.60 bits per heavy atom. The van der Waals surface area contributed by atoms with Crippen LogP contribution in [0.4, 0.5) is 5.69 Å². The second kappa shape index (κ2) is 5.53. The smallest absolute Gasteiger partial charge is 0.0673 e. The highest BCUT2D eigenvalue weighted by Gasteiger charge is 2.05. The lowest BCUT2D eigenvalue weighted by atomic mass is 10.2. The van der Waals surface area contributed by atoms with E-state index in [1.54, 1.807) is 6.07 Å². The van der Waals surface area contributed by atoms with Gasteiger partial charge in [0.15, 0.2) is 0 Å². The molecule has 0 saturated carbocycles. The average molecular weight is 244 g/mol. The molecule has 0 aliphatic heterocycles. The van der Waals surface area contributed by atoms with Crippen LogP contribution >= 0.6 is 23.2 Å². The van der Waals surface area contributed by atoms with E-state index in [4.69, 9.17) is 23.2 Å². The van der Waals surface area contributed by atoms with Crippen molar-refractivity contribution >= 4 is 34.6 Å². The summed E-state index contributed by atoms with van der Waals surface area (Å²) in [6.07, 6.45) is 2.12. The number of hydrogen-bond acceptors (Lipinski definition) is 1. The zero-order valence-corrected chi connectivity index (χ0v) is 10.8. The third kappa shape index (κ3) is 3.22. The predicted molar refractivity (Wildman–Crippen MR) is 68.9 cm³/mol. The van der Waals surface area contributed by atoms with Gasteiger partial charge in [-0.05, 0) is 38.0 Å². The van der Waals surface area contributed by atoms with E-state index >= 15 is 0 Å². The Labute approximate surface area is 101 Å². The summed E-state index contributed by atoms with van der Waals surface area (Å²) in [4.78, 5) is 4.52. The Kier molecular flexibility index (Phi) is 4.62. The number of aliphatic imine (C=N–C) groups is 1. The fraction of sp³-hybridized carbons (Fsp3) is 0.417. The van der Waals surface area contributed by atoms with Crippen molar-refractivity contribution in [2.45, 2.75) is 33.6 Å². The molecule has 0 unspecified atom stereocenters. The minimum atomic E-state index is 0.585. The molecule has 0 N–H and O–H groups in total. The van der Waals surface area contributed by atoms with E-state index in [0.29, 0.717) is 10.0 Å². The van der Waals surface area contributed by atoms with E-state index < -0.39 is 0 Å². The maximum Gasteiger partial charge on any atom is 0.0673 e. The summed E-state index contributed by atoms with van der Waals surface area (Å²) in [6.45, 7) is 6.11. The third-order valence-corrected chi connectivity index (χ3v) is 3.13. The summed E-state index contributed by atoms with van der Waals surface area (Å²) >= 11 is 11.9. The van der Waals surface area contributed by atoms with Crippen LogP contribution in [0.5, 0.6) is 0 Å². The lowest BCUT2D eigenvalue weighted by Gasteiger charge is -2.05. The third-order valence-electron chi connectivity index (χ3n) is 2.23. The molecule has 0 saturated heterocycles. The summed E-state index contributed by atoms with van der Waals surface area (Å²) in [6, 6.07) is 3.69. The first-order chi connectivity index (χ1) is 7.06. The van der Waals surface area contributed by atoms with Gasteiger partial charge in [0.25, 0.3) is 0 Å². The second-order valence-corrected chi connectivity index (χ2v) is 4.39. The standard InChI is InChI=1S/C12H15Cl2N/c1-4-5-8(2)15-11-7-6-10(13)12(14)9(11)3/h6-7H,4-5H2,1-3H3. The molecule has 0 atom stereocenters. The molecule has 0 aromatic heterocycles. The summed E-state index contributed by atoms with van der Waals surface area (Å²) in [7, 11) is 0. The van der Waals surface area contributed by atoms with E-state index in [1.807, 2.05) is 19.9 Å². The molecular weight excluding hydrogens is 229 g/mol. The lowest BCUT2D eigenvalue weighted by Crippen LogP contribution is -1.89. The Morgan fingerprint density at radius 2 is 2.00 bits per heavy atom. The van der Waals surface area contributed by atoms with E-state index in [-0.39, 0.29) is 0 Å². The van der Waals surface area contributed by atoms with Crippen molar-refractivity contribution in [2.24, 2.45) is 4.99 Å². The molecule has 3 heteroatoms. The molecule has 0 heterocycles. The van der Waals surface area contributed by atoms with Crippen LogP contribution in [-0.2, 0) is 0 Å². The maximum absolute atomic E-state index is 6.04. The van der Waals surface area contributed by atoms with E-state index in [1.165, 1.54) is 0 Å². The van der Waals surface area contributed by atoms with Crippen molar-refractivity contribution in [3.05, 3.63) is 27.7 Å². The van der Waals surface area contributed by atoms with Crippen molar-refractivity contribution < 1.29 is 0 Å². The van der Waals surface area contributed by atoms with Crippen LogP contribution in [0.25, 0.3) is 0 Å². The van der Waals surface area contributed by atoms with Gasteiger partial charge in [0.05, 0.1) is 15.7 Å². The van der Waals surface area contributed by atoms with Gasteiger partial charge in [-0.3, -0.25) is 4.99 Å². The lowest BCUT2D eigenvalue weighted by molar-refractivity contribution is 0.987. The molecule has 82 valence electrons. The van der Waals surface area contributed by atoms with Crippen LogP contribution in [0.3, 0.4) is 0 Å². The molecule has 1 nitrogen and oxygen atoms in total. The van der Waals surface area contributed by atoms with E-state index in [2.05, 4.69) is 11.9 Å². The second-order valence-electron chi connectivity index (χ2n) is 3.60.